The number of aryl methyl sites for hydroxylation is 1. The highest BCUT2D eigenvalue weighted by Crippen LogP contribution is 2.33. The second kappa shape index (κ2) is 12.0. The average Bonchev–Trinajstić information content (AvgIpc) is 2.87. The number of anilines is 1. The number of nitrogens with one attached hydrogen (secondary N) is 1. The van der Waals surface area contributed by atoms with E-state index in [2.05, 4.69) is 10.3 Å². The highest BCUT2D eigenvalue weighted by atomic mass is 19.4. The van der Waals surface area contributed by atoms with Crippen LogP contribution in [0.4, 0.5) is 18.9 Å². The number of aromatic nitrogens is 1. The number of carbonyl (C=O) groups excluding carboxylic acids is 1. The van der Waals surface area contributed by atoms with Crippen LogP contribution in [0.1, 0.15) is 39.7 Å². The molecule has 9 nitrogen and oxygen atoms in total. The number of hydrogen-bond acceptors (Lipinski definition) is 8. The van der Waals surface area contributed by atoms with Crippen LogP contribution >= 0.6 is 0 Å². The normalized spacial score (nSPS) is 15.3. The van der Waals surface area contributed by atoms with Gasteiger partial charge in [-0.1, -0.05) is 6.07 Å². The fraction of sp³-hybridized carbons (Fsp3) is 0.360. The highest BCUT2D eigenvalue weighted by Gasteiger charge is 2.34. The van der Waals surface area contributed by atoms with Crippen molar-refractivity contribution in [2.45, 2.75) is 26.6 Å². The number of nitrogens with two attached hydrogens (primary N) is 2. The summed E-state index contributed by atoms with van der Waals surface area (Å²) in [5, 5.41) is 11.8. The predicted octanol–water partition coefficient (Wildman–Crippen LogP) is 2.95. The molecule has 6 N–H and O–H groups in total. The van der Waals surface area contributed by atoms with Crippen molar-refractivity contribution in [3.05, 3.63) is 76.1 Å². The molecule has 0 atom stereocenters. The molecule has 1 saturated heterocycles. The minimum Gasteiger partial charge on any atom is -0.478 e. The molecule has 3 rings (SSSR count). The minimum atomic E-state index is -4.72. The van der Waals surface area contributed by atoms with Crippen LogP contribution in [0, 0.1) is 6.92 Å². The van der Waals surface area contributed by atoms with Crippen molar-refractivity contribution in [2.24, 2.45) is 11.5 Å². The molecule has 0 bridgehead atoms. The Morgan fingerprint density at radius 3 is 2.59 bits per heavy atom. The Morgan fingerprint density at radius 1 is 1.27 bits per heavy atom. The molecule has 1 aliphatic heterocycles. The first-order valence-corrected chi connectivity index (χ1v) is 11.6. The summed E-state index contributed by atoms with van der Waals surface area (Å²) in [6.45, 7) is 5.33. The summed E-state index contributed by atoms with van der Waals surface area (Å²) in [6, 6.07) is 4.56. The van der Waals surface area contributed by atoms with Crippen molar-refractivity contribution in [1.82, 2.24) is 9.88 Å². The number of alkyl halides is 3. The monoisotopic (exact) mass is 521 g/mol. The zero-order valence-electron chi connectivity index (χ0n) is 20.6. The molecule has 0 radical (unpaired) electrons. The molecule has 1 aromatic carbocycles. The number of nitrogens with zero attached hydrogens (tertiary/aromatic N) is 2. The number of aliphatic hydroxyl groups is 1. The van der Waals surface area contributed by atoms with Crippen molar-refractivity contribution < 1.29 is 32.5 Å². The standard InChI is InChI=1S/C25H30F3N5O4/c1-3-37-23(30)22(33-6-8-36-9-7-33)12-21(29)19-11-18(13-31-15(19)2)32-24(35)16-4-5-17(14-34)20(10-16)25(26,27)28/h4-5,10-13,34H,3,6-9,14,29-30H2,1-2H3,(H,32,35)/b21-12-,23-22-. The van der Waals surface area contributed by atoms with Gasteiger partial charge in [0.05, 0.1) is 49.6 Å². The van der Waals surface area contributed by atoms with Gasteiger partial charge in [-0.05, 0) is 43.7 Å². The highest BCUT2D eigenvalue weighted by molar-refractivity contribution is 6.04. The fourth-order valence-electron chi connectivity index (χ4n) is 3.79. The van der Waals surface area contributed by atoms with Crippen molar-refractivity contribution >= 4 is 17.3 Å². The van der Waals surface area contributed by atoms with E-state index in [1.54, 1.807) is 19.1 Å². The number of aliphatic hydroxyl groups excluding tert-OH is 1. The van der Waals surface area contributed by atoms with Crippen LogP contribution in [0.3, 0.4) is 0 Å². The second-order valence-electron chi connectivity index (χ2n) is 8.22. The number of rotatable bonds is 8. The SMILES string of the molecule is CCO/C(N)=C(/C=C(\N)c1cc(NC(=O)c2ccc(CO)c(C(F)(F)F)c2)cnc1C)N1CCOCC1. The Labute approximate surface area is 212 Å². The van der Waals surface area contributed by atoms with Gasteiger partial charge in [-0.25, -0.2) is 0 Å². The van der Waals surface area contributed by atoms with E-state index in [0.29, 0.717) is 61.6 Å². The van der Waals surface area contributed by atoms with Crippen molar-refractivity contribution in [2.75, 3.05) is 38.2 Å². The number of allylic oxidation sites excluding steroid dienone is 1. The van der Waals surface area contributed by atoms with Crippen LogP contribution < -0.4 is 16.8 Å². The molecule has 0 spiro atoms. The Balaban J connectivity index is 1.90. The lowest BCUT2D eigenvalue weighted by atomic mass is 10.0. The number of amides is 1. The smallest absolute Gasteiger partial charge is 0.416 e. The second-order valence-corrected chi connectivity index (χ2v) is 8.22. The first-order valence-electron chi connectivity index (χ1n) is 11.6. The number of benzene rings is 1. The zero-order valence-corrected chi connectivity index (χ0v) is 20.6. The summed E-state index contributed by atoms with van der Waals surface area (Å²) in [5.41, 5.74) is 13.1. The Hall–Kier alpha value is -3.77. The van der Waals surface area contributed by atoms with Gasteiger partial charge in [-0.15, -0.1) is 0 Å². The van der Waals surface area contributed by atoms with E-state index in [4.69, 9.17) is 20.9 Å². The molecule has 12 heteroatoms. The van der Waals surface area contributed by atoms with Gasteiger partial charge in [0, 0.05) is 35.6 Å². The summed E-state index contributed by atoms with van der Waals surface area (Å²) >= 11 is 0. The molecule has 0 unspecified atom stereocenters. The number of ether oxygens (including phenoxy) is 2. The molecule has 2 aromatic rings. The van der Waals surface area contributed by atoms with Crippen LogP contribution in [0.15, 0.2) is 48.1 Å². The molecule has 1 amide bonds. The quantitative estimate of drug-likeness (QED) is 0.308. The van der Waals surface area contributed by atoms with Gasteiger partial charge in [0.15, 0.2) is 0 Å². The summed E-state index contributed by atoms with van der Waals surface area (Å²) < 4.78 is 50.9. The van der Waals surface area contributed by atoms with Crippen LogP contribution in [0.5, 0.6) is 0 Å². The van der Waals surface area contributed by atoms with Crippen molar-refractivity contribution in [3.8, 4) is 0 Å². The maximum absolute atomic E-state index is 13.3. The molecule has 1 fully saturated rings. The van der Waals surface area contributed by atoms with Crippen LogP contribution in [-0.2, 0) is 22.3 Å². The zero-order chi connectivity index (χ0) is 27.2. The van der Waals surface area contributed by atoms with E-state index in [1.165, 1.54) is 12.3 Å². The minimum absolute atomic E-state index is 0.203. The van der Waals surface area contributed by atoms with E-state index in [-0.39, 0.29) is 22.7 Å². The number of pyridine rings is 1. The molecular formula is C25H30F3N5O4. The van der Waals surface area contributed by atoms with Gasteiger partial charge >= 0.3 is 6.18 Å². The van der Waals surface area contributed by atoms with Crippen LogP contribution in [-0.4, -0.2) is 53.8 Å². The third kappa shape index (κ3) is 6.92. The number of morpholine rings is 1. The predicted molar refractivity (Wildman–Crippen MR) is 132 cm³/mol. The van der Waals surface area contributed by atoms with Crippen molar-refractivity contribution in [3.63, 3.8) is 0 Å². The van der Waals surface area contributed by atoms with E-state index in [9.17, 15) is 23.1 Å². The van der Waals surface area contributed by atoms with E-state index >= 15 is 0 Å². The third-order valence-corrected chi connectivity index (χ3v) is 5.70. The number of hydrogen-bond donors (Lipinski definition) is 4. The summed E-state index contributed by atoms with van der Waals surface area (Å²) in [7, 11) is 0. The molecule has 200 valence electrons. The Morgan fingerprint density at radius 2 is 1.97 bits per heavy atom. The molecule has 37 heavy (non-hydrogen) atoms. The lowest BCUT2D eigenvalue weighted by Crippen LogP contribution is -2.37. The van der Waals surface area contributed by atoms with Gasteiger partial charge in [-0.2, -0.15) is 13.2 Å². The topological polar surface area (TPSA) is 136 Å². The maximum atomic E-state index is 13.3. The van der Waals surface area contributed by atoms with Crippen LogP contribution in [0.25, 0.3) is 5.70 Å². The van der Waals surface area contributed by atoms with Gasteiger partial charge in [0.2, 0.25) is 5.88 Å². The Kier molecular flexibility index (Phi) is 9.00. The van der Waals surface area contributed by atoms with Gasteiger partial charge < -0.3 is 36.3 Å². The molecule has 1 aliphatic rings. The van der Waals surface area contributed by atoms with E-state index < -0.39 is 24.3 Å². The summed E-state index contributed by atoms with van der Waals surface area (Å²) in [5.74, 6) is -0.571. The van der Waals surface area contributed by atoms with E-state index in [1.807, 2.05) is 11.8 Å². The maximum Gasteiger partial charge on any atom is 0.416 e. The summed E-state index contributed by atoms with van der Waals surface area (Å²) in [6.07, 6.45) is -1.68. The first-order chi connectivity index (χ1) is 17.5. The van der Waals surface area contributed by atoms with Crippen LogP contribution in [0.2, 0.25) is 0 Å². The largest absolute Gasteiger partial charge is 0.478 e. The number of carbonyl (C=O) groups is 1. The molecular weight excluding hydrogens is 491 g/mol. The fourth-order valence-corrected chi connectivity index (χ4v) is 3.79. The summed E-state index contributed by atoms with van der Waals surface area (Å²) in [4.78, 5) is 19.0. The van der Waals surface area contributed by atoms with Crippen molar-refractivity contribution in [1.29, 1.82) is 0 Å². The van der Waals surface area contributed by atoms with Gasteiger partial charge in [-0.3, -0.25) is 9.78 Å². The molecule has 2 heterocycles. The average molecular weight is 522 g/mol. The lowest BCUT2D eigenvalue weighted by molar-refractivity contribution is -0.138. The molecule has 0 saturated carbocycles. The van der Waals surface area contributed by atoms with E-state index in [0.717, 1.165) is 6.07 Å². The first kappa shape index (κ1) is 27.8. The number of halogens is 3. The van der Waals surface area contributed by atoms with Gasteiger partial charge in [0.25, 0.3) is 5.91 Å². The molecule has 0 aliphatic carbocycles. The molecule has 1 aromatic heterocycles. The Bertz CT molecular complexity index is 1190. The van der Waals surface area contributed by atoms with Gasteiger partial charge in [0.1, 0.15) is 0 Å². The third-order valence-electron chi connectivity index (χ3n) is 5.70. The lowest BCUT2D eigenvalue weighted by Gasteiger charge is -2.30.